The van der Waals surface area contributed by atoms with Crippen LogP contribution in [0.2, 0.25) is 0 Å². The van der Waals surface area contributed by atoms with Crippen LogP contribution in [0.4, 0.5) is 0 Å². The predicted molar refractivity (Wildman–Crippen MR) is 87.6 cm³/mol. The van der Waals surface area contributed by atoms with Crippen LogP contribution in [-0.2, 0) is 0 Å². The van der Waals surface area contributed by atoms with Crippen molar-refractivity contribution in [2.45, 2.75) is 31.3 Å². The molecule has 0 spiro atoms. The maximum atomic E-state index is 12.2. The molecule has 2 aromatic rings. The van der Waals surface area contributed by atoms with Gasteiger partial charge in [-0.3, -0.25) is 4.79 Å². The highest BCUT2D eigenvalue weighted by atomic mass is 16.3. The average Bonchev–Trinajstić information content (AvgIpc) is 3.01. The van der Waals surface area contributed by atoms with Crippen LogP contribution in [0, 0.1) is 0 Å². The van der Waals surface area contributed by atoms with Crippen molar-refractivity contribution in [1.29, 1.82) is 0 Å². The Morgan fingerprint density at radius 1 is 0.955 bits per heavy atom. The van der Waals surface area contributed by atoms with Crippen molar-refractivity contribution in [3.8, 4) is 11.1 Å². The zero-order chi connectivity index (χ0) is 15.4. The number of carbonyl (C=O) groups excluding carboxylic acids is 1. The van der Waals surface area contributed by atoms with Crippen molar-refractivity contribution < 1.29 is 9.90 Å². The van der Waals surface area contributed by atoms with Gasteiger partial charge >= 0.3 is 0 Å². The summed E-state index contributed by atoms with van der Waals surface area (Å²) in [4.78, 5) is 12.2. The van der Waals surface area contributed by atoms with E-state index in [2.05, 4.69) is 5.32 Å². The van der Waals surface area contributed by atoms with Crippen LogP contribution < -0.4 is 5.32 Å². The number of hydrogen-bond donors (Lipinski definition) is 2. The van der Waals surface area contributed by atoms with Gasteiger partial charge in [0.2, 0.25) is 0 Å². The van der Waals surface area contributed by atoms with Gasteiger partial charge in [0.1, 0.15) is 0 Å². The summed E-state index contributed by atoms with van der Waals surface area (Å²) in [5.74, 6) is -0.125. The summed E-state index contributed by atoms with van der Waals surface area (Å²) in [6.45, 7) is 0.340. The monoisotopic (exact) mass is 295 g/mol. The Morgan fingerprint density at radius 3 is 2.18 bits per heavy atom. The van der Waals surface area contributed by atoms with E-state index in [1.165, 1.54) is 0 Å². The third kappa shape index (κ3) is 3.37. The molecule has 3 nitrogen and oxygen atoms in total. The molecule has 0 aliphatic heterocycles. The fraction of sp³-hybridized carbons (Fsp3) is 0.316. The molecule has 0 unspecified atom stereocenters. The Hall–Kier alpha value is -2.13. The smallest absolute Gasteiger partial charge is 0.251 e. The van der Waals surface area contributed by atoms with Gasteiger partial charge in [0.15, 0.2) is 0 Å². The van der Waals surface area contributed by atoms with E-state index in [4.69, 9.17) is 0 Å². The molecule has 114 valence electrons. The molecule has 0 saturated heterocycles. The number of carbonyl (C=O) groups is 1. The minimum Gasteiger partial charge on any atom is -0.388 e. The highest BCUT2D eigenvalue weighted by Gasteiger charge is 2.31. The maximum absolute atomic E-state index is 12.2. The van der Waals surface area contributed by atoms with Crippen LogP contribution in [-0.4, -0.2) is 23.2 Å². The third-order valence-electron chi connectivity index (χ3n) is 4.37. The van der Waals surface area contributed by atoms with Crippen LogP contribution in [0.25, 0.3) is 11.1 Å². The molecule has 0 bridgehead atoms. The molecule has 3 rings (SSSR count). The lowest BCUT2D eigenvalue weighted by Gasteiger charge is -2.22. The van der Waals surface area contributed by atoms with Gasteiger partial charge in [0.25, 0.3) is 5.91 Å². The first kappa shape index (κ1) is 14.8. The van der Waals surface area contributed by atoms with E-state index in [0.29, 0.717) is 12.1 Å². The molecule has 1 aliphatic rings. The number of nitrogens with one attached hydrogen (secondary N) is 1. The molecule has 0 radical (unpaired) electrons. The lowest BCUT2D eigenvalue weighted by molar-refractivity contribution is 0.0449. The van der Waals surface area contributed by atoms with E-state index in [1.54, 1.807) is 0 Å². The molecule has 0 aromatic heterocycles. The summed E-state index contributed by atoms with van der Waals surface area (Å²) in [7, 11) is 0. The molecule has 2 N–H and O–H groups in total. The Bertz CT molecular complexity index is 628. The van der Waals surface area contributed by atoms with Gasteiger partial charge in [-0.1, -0.05) is 55.3 Å². The van der Waals surface area contributed by atoms with Gasteiger partial charge in [-0.2, -0.15) is 0 Å². The second-order valence-corrected chi connectivity index (χ2v) is 6.06. The summed E-state index contributed by atoms with van der Waals surface area (Å²) in [5, 5.41) is 13.1. The molecule has 1 fully saturated rings. The third-order valence-corrected chi connectivity index (χ3v) is 4.37. The van der Waals surface area contributed by atoms with Gasteiger partial charge < -0.3 is 10.4 Å². The lowest BCUT2D eigenvalue weighted by Crippen LogP contribution is -2.40. The van der Waals surface area contributed by atoms with Crippen molar-refractivity contribution in [1.82, 2.24) is 5.32 Å². The average molecular weight is 295 g/mol. The van der Waals surface area contributed by atoms with Crippen LogP contribution in [0.1, 0.15) is 36.0 Å². The van der Waals surface area contributed by atoms with E-state index in [9.17, 15) is 9.90 Å². The van der Waals surface area contributed by atoms with Crippen LogP contribution in [0.5, 0.6) is 0 Å². The van der Waals surface area contributed by atoms with Crippen LogP contribution in [0.15, 0.2) is 54.6 Å². The molecular weight excluding hydrogens is 274 g/mol. The quantitative estimate of drug-likeness (QED) is 0.908. The molecule has 0 atom stereocenters. The topological polar surface area (TPSA) is 49.3 Å². The second kappa shape index (κ2) is 6.32. The summed E-state index contributed by atoms with van der Waals surface area (Å²) >= 11 is 0. The number of benzene rings is 2. The SMILES string of the molecule is O=C(NCC1(O)CCCC1)c1ccc(-c2ccccc2)cc1. The molecule has 2 aromatic carbocycles. The zero-order valence-corrected chi connectivity index (χ0v) is 12.6. The zero-order valence-electron chi connectivity index (χ0n) is 12.6. The Labute approximate surface area is 131 Å². The van der Waals surface area contributed by atoms with Crippen molar-refractivity contribution >= 4 is 5.91 Å². The van der Waals surface area contributed by atoms with E-state index in [-0.39, 0.29) is 5.91 Å². The number of aliphatic hydroxyl groups is 1. The molecule has 1 amide bonds. The van der Waals surface area contributed by atoms with Crippen LogP contribution >= 0.6 is 0 Å². The van der Waals surface area contributed by atoms with Gasteiger partial charge in [0, 0.05) is 12.1 Å². The van der Waals surface area contributed by atoms with E-state index < -0.39 is 5.60 Å². The molecule has 1 aliphatic carbocycles. The first-order valence-corrected chi connectivity index (χ1v) is 7.82. The fourth-order valence-corrected chi connectivity index (χ4v) is 3.00. The molecule has 22 heavy (non-hydrogen) atoms. The van der Waals surface area contributed by atoms with E-state index in [0.717, 1.165) is 36.8 Å². The highest BCUT2D eigenvalue weighted by Crippen LogP contribution is 2.28. The normalized spacial score (nSPS) is 16.4. The predicted octanol–water partition coefficient (Wildman–Crippen LogP) is 3.39. The Balaban J connectivity index is 1.64. The minimum absolute atomic E-state index is 0.125. The highest BCUT2D eigenvalue weighted by molar-refractivity contribution is 5.94. The van der Waals surface area contributed by atoms with Gasteiger partial charge in [-0.15, -0.1) is 0 Å². The first-order chi connectivity index (χ1) is 10.7. The van der Waals surface area contributed by atoms with Crippen molar-refractivity contribution in [3.05, 3.63) is 60.2 Å². The standard InChI is InChI=1S/C19H21NO2/c21-18(20-14-19(22)12-4-5-13-19)17-10-8-16(9-11-17)15-6-2-1-3-7-15/h1-3,6-11,22H,4-5,12-14H2,(H,20,21). The Morgan fingerprint density at radius 2 is 1.55 bits per heavy atom. The molecule has 1 saturated carbocycles. The summed E-state index contributed by atoms with van der Waals surface area (Å²) in [6, 6.07) is 17.6. The van der Waals surface area contributed by atoms with Gasteiger partial charge in [-0.05, 0) is 36.1 Å². The van der Waals surface area contributed by atoms with Crippen molar-refractivity contribution in [2.75, 3.05) is 6.54 Å². The van der Waals surface area contributed by atoms with Crippen molar-refractivity contribution in [3.63, 3.8) is 0 Å². The molecule has 3 heteroatoms. The van der Waals surface area contributed by atoms with Crippen molar-refractivity contribution in [2.24, 2.45) is 0 Å². The number of amides is 1. The second-order valence-electron chi connectivity index (χ2n) is 6.06. The molecular formula is C19H21NO2. The minimum atomic E-state index is -0.709. The first-order valence-electron chi connectivity index (χ1n) is 7.82. The summed E-state index contributed by atoms with van der Waals surface area (Å²) in [5.41, 5.74) is 2.14. The van der Waals surface area contributed by atoms with Gasteiger partial charge in [0.05, 0.1) is 5.60 Å². The summed E-state index contributed by atoms with van der Waals surface area (Å²) in [6.07, 6.45) is 3.64. The van der Waals surface area contributed by atoms with Gasteiger partial charge in [-0.25, -0.2) is 0 Å². The lowest BCUT2D eigenvalue weighted by atomic mass is 10.0. The van der Waals surface area contributed by atoms with E-state index >= 15 is 0 Å². The molecule has 0 heterocycles. The largest absolute Gasteiger partial charge is 0.388 e. The summed E-state index contributed by atoms with van der Waals surface area (Å²) < 4.78 is 0. The number of rotatable bonds is 4. The maximum Gasteiger partial charge on any atom is 0.251 e. The fourth-order valence-electron chi connectivity index (χ4n) is 3.00. The number of hydrogen-bond acceptors (Lipinski definition) is 2. The Kier molecular flexibility index (Phi) is 4.25. The van der Waals surface area contributed by atoms with E-state index in [1.807, 2.05) is 54.6 Å². The van der Waals surface area contributed by atoms with Crippen LogP contribution in [0.3, 0.4) is 0 Å².